The molecule has 0 saturated carbocycles. The third-order valence-electron chi connectivity index (χ3n) is 4.23. The van der Waals surface area contributed by atoms with E-state index in [2.05, 4.69) is 50.4 Å². The van der Waals surface area contributed by atoms with Crippen LogP contribution < -0.4 is 15.4 Å². The van der Waals surface area contributed by atoms with Gasteiger partial charge in [-0.15, -0.1) is 24.0 Å². The van der Waals surface area contributed by atoms with Gasteiger partial charge in [-0.25, -0.2) is 0 Å². The van der Waals surface area contributed by atoms with Crippen molar-refractivity contribution < 1.29 is 4.74 Å². The van der Waals surface area contributed by atoms with Crippen LogP contribution in [0.2, 0.25) is 0 Å². The number of guanidine groups is 1. The number of piperidine rings is 1. The number of likely N-dealkylation sites (tertiary alicyclic amines) is 1. The van der Waals surface area contributed by atoms with E-state index in [4.69, 9.17) is 4.74 Å². The maximum Gasteiger partial charge on any atom is 0.191 e. The lowest BCUT2D eigenvalue weighted by molar-refractivity contribution is 0.209. The van der Waals surface area contributed by atoms with E-state index in [1.165, 1.54) is 19.4 Å². The third-order valence-corrected chi connectivity index (χ3v) is 4.88. The van der Waals surface area contributed by atoms with E-state index in [0.29, 0.717) is 12.5 Å². The molecule has 0 aromatic heterocycles. The Morgan fingerprint density at radius 3 is 2.84 bits per heavy atom. The Morgan fingerprint density at radius 1 is 1.40 bits per heavy atom. The molecule has 2 atom stereocenters. The summed E-state index contributed by atoms with van der Waals surface area (Å²) in [7, 11) is 4.00. The van der Waals surface area contributed by atoms with Gasteiger partial charge in [0.2, 0.25) is 0 Å². The molecule has 1 fully saturated rings. The lowest BCUT2D eigenvalue weighted by Crippen LogP contribution is -2.45. The highest BCUT2D eigenvalue weighted by molar-refractivity contribution is 14.0. The first-order valence-corrected chi connectivity index (χ1v) is 9.42. The summed E-state index contributed by atoms with van der Waals surface area (Å²) < 4.78 is 6.92. The summed E-state index contributed by atoms with van der Waals surface area (Å²) in [5.41, 5.74) is 0. The van der Waals surface area contributed by atoms with E-state index in [0.717, 1.165) is 29.3 Å². The van der Waals surface area contributed by atoms with Crippen molar-refractivity contribution in [3.63, 3.8) is 0 Å². The van der Waals surface area contributed by atoms with E-state index in [-0.39, 0.29) is 30.1 Å². The van der Waals surface area contributed by atoms with Crippen LogP contribution in [0.4, 0.5) is 0 Å². The summed E-state index contributed by atoms with van der Waals surface area (Å²) in [5, 5.41) is 6.78. The van der Waals surface area contributed by atoms with E-state index in [1.807, 2.05) is 31.3 Å². The molecule has 0 spiro atoms. The molecule has 5 nitrogen and oxygen atoms in total. The number of hydrogen-bond acceptors (Lipinski definition) is 3. The zero-order valence-electron chi connectivity index (χ0n) is 15.3. The number of hydrogen-bond donors (Lipinski definition) is 2. The normalized spacial score (nSPS) is 19.7. The maximum atomic E-state index is 5.95. The van der Waals surface area contributed by atoms with Gasteiger partial charge in [-0.05, 0) is 67.3 Å². The standard InChI is InChI=1S/C18H29BrN4O.HI/c1-14(24-17-9-5-4-8-16(17)19)11-21-18(20-2)22-12-15-7-6-10-23(3)13-15;/h4-5,8-9,14-15H,6-7,10-13H2,1-3H3,(H2,20,21,22);1H. The Morgan fingerprint density at radius 2 is 2.16 bits per heavy atom. The van der Waals surface area contributed by atoms with Crippen LogP contribution in [-0.2, 0) is 0 Å². The van der Waals surface area contributed by atoms with Crippen molar-refractivity contribution in [2.45, 2.75) is 25.9 Å². The first kappa shape index (κ1) is 22.5. The number of nitrogens with one attached hydrogen (secondary N) is 2. The van der Waals surface area contributed by atoms with E-state index >= 15 is 0 Å². The van der Waals surface area contributed by atoms with Crippen molar-refractivity contribution in [2.75, 3.05) is 40.3 Å². The first-order chi connectivity index (χ1) is 11.6. The van der Waals surface area contributed by atoms with Crippen LogP contribution in [0.5, 0.6) is 5.75 Å². The number of halogens is 2. The van der Waals surface area contributed by atoms with Gasteiger partial charge in [0, 0.05) is 20.1 Å². The van der Waals surface area contributed by atoms with Gasteiger partial charge in [0.1, 0.15) is 11.9 Å². The molecule has 0 amide bonds. The summed E-state index contributed by atoms with van der Waals surface area (Å²) in [5.74, 6) is 2.39. The van der Waals surface area contributed by atoms with Gasteiger partial charge in [-0.3, -0.25) is 4.99 Å². The largest absolute Gasteiger partial charge is 0.488 e. The van der Waals surface area contributed by atoms with Gasteiger partial charge in [-0.2, -0.15) is 0 Å². The minimum absolute atomic E-state index is 0. The second-order valence-electron chi connectivity index (χ2n) is 6.46. The van der Waals surface area contributed by atoms with E-state index in [9.17, 15) is 0 Å². The minimum atomic E-state index is 0. The highest BCUT2D eigenvalue weighted by atomic mass is 127. The molecular weight excluding hydrogens is 495 g/mol. The molecule has 7 heteroatoms. The number of para-hydroxylation sites is 1. The summed E-state index contributed by atoms with van der Waals surface area (Å²) in [6.07, 6.45) is 2.62. The molecule has 0 bridgehead atoms. The van der Waals surface area contributed by atoms with Crippen LogP contribution >= 0.6 is 39.9 Å². The molecule has 1 aromatic carbocycles. The zero-order chi connectivity index (χ0) is 17.4. The molecule has 2 N–H and O–H groups in total. The average molecular weight is 525 g/mol. The lowest BCUT2D eigenvalue weighted by Gasteiger charge is -2.30. The first-order valence-electron chi connectivity index (χ1n) is 8.62. The fourth-order valence-electron chi connectivity index (χ4n) is 2.94. The molecule has 2 rings (SSSR count). The van der Waals surface area contributed by atoms with E-state index < -0.39 is 0 Å². The zero-order valence-corrected chi connectivity index (χ0v) is 19.2. The minimum Gasteiger partial charge on any atom is -0.488 e. The number of nitrogens with zero attached hydrogens (tertiary/aromatic N) is 2. The predicted octanol–water partition coefficient (Wildman–Crippen LogP) is 3.34. The average Bonchev–Trinajstić information content (AvgIpc) is 2.57. The second-order valence-corrected chi connectivity index (χ2v) is 7.32. The Labute approximate surface area is 177 Å². The molecular formula is C18H30BrIN4O. The number of rotatable bonds is 6. The quantitative estimate of drug-likeness (QED) is 0.340. The third kappa shape index (κ3) is 8.13. The lowest BCUT2D eigenvalue weighted by atomic mass is 9.99. The molecule has 2 unspecified atom stereocenters. The second kappa shape index (κ2) is 12.0. The Kier molecular flexibility index (Phi) is 10.8. The van der Waals surface area contributed by atoms with Crippen molar-refractivity contribution in [1.29, 1.82) is 0 Å². The topological polar surface area (TPSA) is 48.9 Å². The van der Waals surface area contributed by atoms with Crippen LogP contribution in [0.3, 0.4) is 0 Å². The van der Waals surface area contributed by atoms with E-state index in [1.54, 1.807) is 0 Å². The molecule has 1 aromatic rings. The van der Waals surface area contributed by atoms with Gasteiger partial charge in [0.15, 0.2) is 5.96 Å². The number of benzene rings is 1. The summed E-state index contributed by atoms with van der Waals surface area (Å²) in [6, 6.07) is 7.90. The SMILES string of the molecule is CN=C(NCC1CCCN(C)C1)NCC(C)Oc1ccccc1Br.I. The van der Waals surface area contributed by atoms with Gasteiger partial charge < -0.3 is 20.3 Å². The summed E-state index contributed by atoms with van der Waals surface area (Å²) >= 11 is 3.51. The predicted molar refractivity (Wildman–Crippen MR) is 119 cm³/mol. The Hall–Kier alpha value is -0.540. The molecule has 0 aliphatic carbocycles. The molecule has 25 heavy (non-hydrogen) atoms. The highest BCUT2D eigenvalue weighted by Crippen LogP contribution is 2.24. The van der Waals surface area contributed by atoms with Gasteiger partial charge in [0.25, 0.3) is 0 Å². The van der Waals surface area contributed by atoms with Gasteiger partial charge >= 0.3 is 0 Å². The maximum absolute atomic E-state index is 5.95. The van der Waals surface area contributed by atoms with Crippen LogP contribution in [-0.4, -0.2) is 57.2 Å². The van der Waals surface area contributed by atoms with Crippen LogP contribution in [0.25, 0.3) is 0 Å². The fourth-order valence-corrected chi connectivity index (χ4v) is 3.32. The molecule has 1 aliphatic rings. The van der Waals surface area contributed by atoms with Crippen molar-refractivity contribution >= 4 is 45.9 Å². The molecule has 0 radical (unpaired) electrons. The Balaban J connectivity index is 0.00000312. The Bertz CT molecular complexity index is 544. The van der Waals surface area contributed by atoms with Crippen molar-refractivity contribution in [1.82, 2.24) is 15.5 Å². The van der Waals surface area contributed by atoms with Gasteiger partial charge in [-0.1, -0.05) is 12.1 Å². The van der Waals surface area contributed by atoms with Crippen LogP contribution in [0, 0.1) is 5.92 Å². The number of aliphatic imine (C=N–C) groups is 1. The van der Waals surface area contributed by atoms with Crippen molar-refractivity contribution in [3.8, 4) is 5.75 Å². The molecule has 1 saturated heterocycles. The van der Waals surface area contributed by atoms with Crippen molar-refractivity contribution in [2.24, 2.45) is 10.9 Å². The van der Waals surface area contributed by atoms with Crippen LogP contribution in [0.15, 0.2) is 33.7 Å². The molecule has 142 valence electrons. The molecule has 1 heterocycles. The smallest absolute Gasteiger partial charge is 0.191 e. The van der Waals surface area contributed by atoms with Crippen LogP contribution in [0.1, 0.15) is 19.8 Å². The van der Waals surface area contributed by atoms with Gasteiger partial charge in [0.05, 0.1) is 11.0 Å². The summed E-state index contributed by atoms with van der Waals surface area (Å²) in [4.78, 5) is 6.71. The monoisotopic (exact) mass is 524 g/mol. The fraction of sp³-hybridized carbons (Fsp3) is 0.611. The highest BCUT2D eigenvalue weighted by Gasteiger charge is 2.17. The van der Waals surface area contributed by atoms with Crippen molar-refractivity contribution in [3.05, 3.63) is 28.7 Å². The molecule has 1 aliphatic heterocycles. The number of ether oxygens (including phenoxy) is 1. The summed E-state index contributed by atoms with van der Waals surface area (Å²) in [6.45, 7) is 6.09.